The molecule has 36 heavy (non-hydrogen) atoms. The van der Waals surface area contributed by atoms with E-state index < -0.39 is 43.3 Å². The fraction of sp³-hybridized carbons (Fsp3) is 0.333. The zero-order chi connectivity index (χ0) is 24.6. The second kappa shape index (κ2) is 10.6. The molecule has 0 spiro atoms. The largest absolute Gasteiger partial charge is 0.346 e. The summed E-state index contributed by atoms with van der Waals surface area (Å²) in [4.78, 5) is 0. The van der Waals surface area contributed by atoms with Crippen LogP contribution < -0.4 is 0 Å². The van der Waals surface area contributed by atoms with Crippen molar-refractivity contribution < 1.29 is 28.4 Å². The molecule has 0 N–H and O–H groups in total. The van der Waals surface area contributed by atoms with E-state index in [1.54, 1.807) is 18.2 Å². The lowest BCUT2D eigenvalue weighted by atomic mass is 10.0. The normalized spacial score (nSPS) is 32.2. The fourth-order valence-electron chi connectivity index (χ4n) is 4.73. The third-order valence-electron chi connectivity index (χ3n) is 6.52. The van der Waals surface area contributed by atoms with Crippen molar-refractivity contribution in [1.82, 2.24) is 0 Å². The Labute approximate surface area is 223 Å². The van der Waals surface area contributed by atoms with Crippen LogP contribution >= 0.6 is 34.8 Å². The van der Waals surface area contributed by atoms with Gasteiger partial charge < -0.3 is 28.4 Å². The SMILES string of the molecule is Clc1ccccc1C1OC[C@H]2OC(c3ccccc3Cl)O[C@H]3COC(c4ccccc4Cl)O[C@@H]2[C@H]3O1. The zero-order valence-electron chi connectivity index (χ0n) is 19.0. The Morgan fingerprint density at radius 3 is 1.22 bits per heavy atom. The van der Waals surface area contributed by atoms with Gasteiger partial charge in [-0.05, 0) is 18.2 Å². The van der Waals surface area contributed by atoms with Gasteiger partial charge in [-0.1, -0.05) is 89.4 Å². The topological polar surface area (TPSA) is 55.4 Å². The van der Waals surface area contributed by atoms with E-state index in [1.807, 2.05) is 54.6 Å². The summed E-state index contributed by atoms with van der Waals surface area (Å²) in [6, 6.07) is 22.2. The van der Waals surface area contributed by atoms with Crippen LogP contribution in [0.5, 0.6) is 0 Å². The van der Waals surface area contributed by atoms with E-state index in [9.17, 15) is 0 Å². The van der Waals surface area contributed by atoms with E-state index in [-0.39, 0.29) is 13.2 Å². The first-order valence-corrected chi connectivity index (χ1v) is 12.8. The van der Waals surface area contributed by atoms with Gasteiger partial charge in [-0.2, -0.15) is 0 Å². The summed E-state index contributed by atoms with van der Waals surface area (Å²) < 4.78 is 38.4. The molecule has 6 rings (SSSR count). The molecule has 0 aromatic heterocycles. The lowest BCUT2D eigenvalue weighted by Gasteiger charge is -2.29. The second-order valence-electron chi connectivity index (χ2n) is 8.78. The first-order valence-electron chi connectivity index (χ1n) is 11.7. The van der Waals surface area contributed by atoms with E-state index in [0.717, 1.165) is 0 Å². The molecule has 9 heteroatoms. The summed E-state index contributed by atoms with van der Waals surface area (Å²) >= 11 is 19.4. The van der Waals surface area contributed by atoms with Crippen LogP contribution in [0.1, 0.15) is 35.6 Å². The molecule has 0 aliphatic carbocycles. The maximum Gasteiger partial charge on any atom is 0.186 e. The van der Waals surface area contributed by atoms with Crippen LogP contribution in [-0.4, -0.2) is 37.6 Å². The van der Waals surface area contributed by atoms with Crippen molar-refractivity contribution in [3.8, 4) is 0 Å². The molecule has 3 fully saturated rings. The van der Waals surface area contributed by atoms with E-state index in [1.165, 1.54) is 0 Å². The third-order valence-corrected chi connectivity index (χ3v) is 7.55. The lowest BCUT2D eigenvalue weighted by Crippen LogP contribution is -2.45. The van der Waals surface area contributed by atoms with Gasteiger partial charge in [-0.25, -0.2) is 0 Å². The Morgan fingerprint density at radius 2 is 0.833 bits per heavy atom. The van der Waals surface area contributed by atoms with Gasteiger partial charge >= 0.3 is 0 Å². The smallest absolute Gasteiger partial charge is 0.186 e. The molecule has 0 saturated carbocycles. The Morgan fingerprint density at radius 1 is 0.472 bits per heavy atom. The Balaban J connectivity index is 1.37. The number of rotatable bonds is 3. The Hall–Kier alpha value is -1.71. The highest BCUT2D eigenvalue weighted by atomic mass is 35.5. The quantitative estimate of drug-likeness (QED) is 0.364. The van der Waals surface area contributed by atoms with Crippen LogP contribution in [0.4, 0.5) is 0 Å². The standard InChI is InChI=1S/C27H23Cl3O6/c28-18-10-4-1-7-15(18)25-31-13-21-24-23(35-25)22(34-27(33-21)17-9-3-6-12-20(17)30)14-32-26(36-24)16-8-2-5-11-19(16)29/h1-12,21-27H,13-14H2/t21-,22+,23-,24-,25?,26?,27?/m0/s1. The number of halogens is 3. The van der Waals surface area contributed by atoms with Crippen molar-refractivity contribution in [3.05, 3.63) is 105 Å². The van der Waals surface area contributed by atoms with E-state index >= 15 is 0 Å². The number of hydrogen-bond acceptors (Lipinski definition) is 6. The van der Waals surface area contributed by atoms with Crippen LogP contribution in [0.2, 0.25) is 15.1 Å². The molecule has 3 aliphatic heterocycles. The molecular weight excluding hydrogens is 527 g/mol. The summed E-state index contributed by atoms with van der Waals surface area (Å²) in [5, 5.41) is 1.62. The van der Waals surface area contributed by atoms with E-state index in [4.69, 9.17) is 63.2 Å². The Bertz CT molecular complexity index is 1150. The van der Waals surface area contributed by atoms with Crippen LogP contribution in [0.15, 0.2) is 72.8 Å². The van der Waals surface area contributed by atoms with Gasteiger partial charge in [0.05, 0.1) is 13.2 Å². The molecule has 3 heterocycles. The van der Waals surface area contributed by atoms with Gasteiger partial charge in [0.15, 0.2) is 18.9 Å². The predicted molar refractivity (Wildman–Crippen MR) is 134 cm³/mol. The molecule has 3 unspecified atom stereocenters. The van der Waals surface area contributed by atoms with Gasteiger partial charge in [0, 0.05) is 31.8 Å². The summed E-state index contributed by atoms with van der Waals surface area (Å²) in [6.07, 6.45) is -4.50. The lowest BCUT2D eigenvalue weighted by molar-refractivity contribution is -0.262. The minimum absolute atomic E-state index is 0.170. The van der Waals surface area contributed by atoms with Crippen molar-refractivity contribution >= 4 is 34.8 Å². The number of ether oxygens (including phenoxy) is 6. The highest BCUT2D eigenvalue weighted by Gasteiger charge is 2.51. The first kappa shape index (κ1) is 24.6. The molecule has 7 atom stereocenters. The molecule has 6 nitrogen and oxygen atoms in total. The van der Waals surface area contributed by atoms with Gasteiger partial charge in [0.2, 0.25) is 0 Å². The van der Waals surface area contributed by atoms with Crippen molar-refractivity contribution in [2.24, 2.45) is 0 Å². The maximum atomic E-state index is 6.52. The van der Waals surface area contributed by atoms with Gasteiger partial charge in [0.1, 0.15) is 24.4 Å². The average molecular weight is 550 g/mol. The van der Waals surface area contributed by atoms with Crippen molar-refractivity contribution in [2.45, 2.75) is 43.3 Å². The summed E-state index contributed by atoms with van der Waals surface area (Å²) in [5.74, 6) is 0. The summed E-state index contributed by atoms with van der Waals surface area (Å²) in [6.45, 7) is 0.340. The second-order valence-corrected chi connectivity index (χ2v) is 10.00. The number of hydrogen-bond donors (Lipinski definition) is 0. The fourth-order valence-corrected chi connectivity index (χ4v) is 5.40. The van der Waals surface area contributed by atoms with Crippen LogP contribution in [0, 0.1) is 0 Å². The molecule has 3 aliphatic rings. The molecule has 3 saturated heterocycles. The van der Waals surface area contributed by atoms with Crippen molar-refractivity contribution in [1.29, 1.82) is 0 Å². The van der Waals surface area contributed by atoms with Crippen LogP contribution in [0.3, 0.4) is 0 Å². The molecule has 0 amide bonds. The van der Waals surface area contributed by atoms with Crippen LogP contribution in [0.25, 0.3) is 0 Å². The van der Waals surface area contributed by atoms with Crippen molar-refractivity contribution in [2.75, 3.05) is 13.2 Å². The molecule has 188 valence electrons. The summed E-state index contributed by atoms with van der Waals surface area (Å²) in [5.41, 5.74) is 2.14. The maximum absolute atomic E-state index is 6.52. The first-order chi connectivity index (χ1) is 17.6. The minimum Gasteiger partial charge on any atom is -0.346 e. The van der Waals surface area contributed by atoms with Crippen LogP contribution in [-0.2, 0) is 28.4 Å². The zero-order valence-corrected chi connectivity index (χ0v) is 21.2. The number of benzene rings is 3. The van der Waals surface area contributed by atoms with E-state index in [0.29, 0.717) is 31.8 Å². The highest BCUT2D eigenvalue weighted by molar-refractivity contribution is 6.32. The monoisotopic (exact) mass is 548 g/mol. The molecule has 3 aromatic carbocycles. The van der Waals surface area contributed by atoms with Gasteiger partial charge in [0.25, 0.3) is 0 Å². The van der Waals surface area contributed by atoms with Crippen molar-refractivity contribution in [3.63, 3.8) is 0 Å². The molecule has 4 bridgehead atoms. The average Bonchev–Trinajstić information content (AvgIpc) is 3.23. The third kappa shape index (κ3) is 4.78. The van der Waals surface area contributed by atoms with Gasteiger partial charge in [-0.3, -0.25) is 0 Å². The summed E-state index contributed by atoms with van der Waals surface area (Å²) in [7, 11) is 0. The molecule has 0 radical (unpaired) electrons. The minimum atomic E-state index is -0.755. The highest BCUT2D eigenvalue weighted by Crippen LogP contribution is 2.43. The van der Waals surface area contributed by atoms with Gasteiger partial charge in [-0.15, -0.1) is 0 Å². The molecular formula is C27H23Cl3O6. The molecule has 3 aromatic rings. The Kier molecular flexibility index (Phi) is 7.23. The predicted octanol–water partition coefficient (Wildman–Crippen LogP) is 6.66. The van der Waals surface area contributed by atoms with E-state index in [2.05, 4.69) is 0 Å².